The smallest absolute Gasteiger partial charge is 0.403 e. The zero-order valence-electron chi connectivity index (χ0n) is 22.5. The van der Waals surface area contributed by atoms with Gasteiger partial charge in [0, 0.05) is 6.42 Å². The number of carbonyl (C=O) groups excluding carboxylic acids is 1. The Morgan fingerprint density at radius 1 is 1.08 bits per heavy atom. The third-order valence-corrected chi connectivity index (χ3v) is 12.3. The Morgan fingerprint density at radius 2 is 1.76 bits per heavy atom. The molecule has 11 atom stereocenters. The number of hydrogen-bond acceptors (Lipinski definition) is 6. The van der Waals surface area contributed by atoms with Gasteiger partial charge in [-0.2, -0.15) is 17.2 Å². The standard InChI is InChI=1S/C27H43F3O7S/c1-15(4-9-24(33)37-14-22(28)27(29,30)38(34,35)36)19-7-8-20-18-6-5-16-12-17(31)10-11-25(16,2)21(18)13-23(32)26(19,20)3/h15-23,31-32H,4-14H2,1-3H3,(H,34,35,36)/t15-,16-,17-,18+,19-,20+,21+,22?,23+,25+,26-/m1/s1. The fraction of sp³-hybridized carbons (Fsp3) is 0.963. The van der Waals surface area contributed by atoms with Crippen LogP contribution in [0, 0.1) is 46.3 Å². The molecule has 1 unspecified atom stereocenters. The Hall–Kier alpha value is -0.910. The maximum Gasteiger partial charge on any atom is 0.403 e. The largest absolute Gasteiger partial charge is 0.462 e. The van der Waals surface area contributed by atoms with Gasteiger partial charge in [-0.05, 0) is 104 Å². The van der Waals surface area contributed by atoms with Gasteiger partial charge >= 0.3 is 21.3 Å². The van der Waals surface area contributed by atoms with Crippen LogP contribution in [0.2, 0.25) is 0 Å². The lowest BCUT2D eigenvalue weighted by molar-refractivity contribution is -0.175. The average Bonchev–Trinajstić information content (AvgIpc) is 3.20. The van der Waals surface area contributed by atoms with Crippen LogP contribution < -0.4 is 0 Å². The van der Waals surface area contributed by atoms with Crippen LogP contribution in [0.25, 0.3) is 0 Å². The Morgan fingerprint density at radius 3 is 2.42 bits per heavy atom. The number of halogens is 3. The summed E-state index contributed by atoms with van der Waals surface area (Å²) >= 11 is 0. The number of aliphatic hydroxyl groups excluding tert-OH is 2. The van der Waals surface area contributed by atoms with Gasteiger partial charge in [0.05, 0.1) is 12.2 Å². The summed E-state index contributed by atoms with van der Waals surface area (Å²) in [5.74, 6) is 1.09. The third kappa shape index (κ3) is 5.02. The minimum absolute atomic E-state index is 0.0286. The molecule has 11 heteroatoms. The molecule has 4 saturated carbocycles. The average molecular weight is 569 g/mol. The van der Waals surface area contributed by atoms with E-state index in [2.05, 4.69) is 18.6 Å². The fourth-order valence-corrected chi connectivity index (χ4v) is 9.60. The molecule has 0 aromatic rings. The summed E-state index contributed by atoms with van der Waals surface area (Å²) in [5, 5.41) is 16.8. The summed E-state index contributed by atoms with van der Waals surface area (Å²) in [6.45, 7) is 5.08. The van der Waals surface area contributed by atoms with Crippen molar-refractivity contribution in [3.05, 3.63) is 0 Å². The quantitative estimate of drug-likeness (QED) is 0.285. The number of hydrogen-bond donors (Lipinski definition) is 3. The summed E-state index contributed by atoms with van der Waals surface area (Å²) in [5.41, 5.74) is -0.165. The SMILES string of the molecule is C[C@H](CCC(=O)OCC(F)C(F)(F)S(=O)(=O)O)[C@H]1CC[C@H]2[C@@H]3CC[C@@H]4C[C@H](O)CC[C@]4(C)[C@H]3C[C@H](O)[C@]12C. The van der Waals surface area contributed by atoms with Crippen molar-refractivity contribution in [1.82, 2.24) is 0 Å². The van der Waals surface area contributed by atoms with Crippen molar-refractivity contribution in [2.75, 3.05) is 6.61 Å². The van der Waals surface area contributed by atoms with Crippen molar-refractivity contribution in [2.24, 2.45) is 46.3 Å². The molecule has 4 fully saturated rings. The first-order valence-corrected chi connectivity index (χ1v) is 15.5. The molecule has 0 aliphatic heterocycles. The maximum atomic E-state index is 13.6. The molecule has 3 N–H and O–H groups in total. The third-order valence-electron chi connectivity index (χ3n) is 11.4. The molecule has 0 aromatic carbocycles. The van der Waals surface area contributed by atoms with Gasteiger partial charge in [-0.15, -0.1) is 0 Å². The topological polar surface area (TPSA) is 121 Å². The molecule has 4 aliphatic rings. The van der Waals surface area contributed by atoms with Crippen LogP contribution in [0.5, 0.6) is 0 Å². The first-order valence-electron chi connectivity index (χ1n) is 14.0. The number of carbonyl (C=O) groups is 1. The lowest BCUT2D eigenvalue weighted by Gasteiger charge is -2.62. The van der Waals surface area contributed by atoms with Gasteiger partial charge < -0.3 is 14.9 Å². The molecule has 38 heavy (non-hydrogen) atoms. The van der Waals surface area contributed by atoms with E-state index in [4.69, 9.17) is 4.55 Å². The van der Waals surface area contributed by atoms with Crippen LogP contribution in [0.4, 0.5) is 13.2 Å². The summed E-state index contributed by atoms with van der Waals surface area (Å²) < 4.78 is 74.7. The highest BCUT2D eigenvalue weighted by molar-refractivity contribution is 7.86. The monoisotopic (exact) mass is 568 g/mol. The summed E-state index contributed by atoms with van der Waals surface area (Å²) in [4.78, 5) is 12.1. The van der Waals surface area contributed by atoms with E-state index in [1.165, 1.54) is 0 Å². The Bertz CT molecular complexity index is 993. The molecular weight excluding hydrogens is 525 g/mol. The maximum absolute atomic E-state index is 13.6. The van der Waals surface area contributed by atoms with Crippen LogP contribution in [0.15, 0.2) is 0 Å². The molecule has 0 amide bonds. The van der Waals surface area contributed by atoms with Crippen LogP contribution in [-0.2, 0) is 19.6 Å². The number of esters is 1. The van der Waals surface area contributed by atoms with E-state index >= 15 is 0 Å². The Balaban J connectivity index is 1.36. The van der Waals surface area contributed by atoms with Gasteiger partial charge in [-0.3, -0.25) is 9.35 Å². The first-order chi connectivity index (χ1) is 17.5. The molecule has 220 valence electrons. The van der Waals surface area contributed by atoms with Crippen molar-refractivity contribution < 1.29 is 45.9 Å². The summed E-state index contributed by atoms with van der Waals surface area (Å²) in [6.07, 6.45) is 3.70. The fourth-order valence-electron chi connectivity index (χ4n) is 9.20. The van der Waals surface area contributed by atoms with Crippen molar-refractivity contribution >= 4 is 16.1 Å². The van der Waals surface area contributed by atoms with E-state index < -0.39 is 40.2 Å². The Kier molecular flexibility index (Phi) is 8.30. The molecule has 0 spiro atoms. The molecule has 4 rings (SSSR count). The van der Waals surface area contributed by atoms with Crippen molar-refractivity contribution in [3.63, 3.8) is 0 Å². The molecule has 0 bridgehead atoms. The van der Waals surface area contributed by atoms with E-state index in [-0.39, 0.29) is 35.2 Å². The zero-order chi connectivity index (χ0) is 28.3. The first kappa shape index (κ1) is 30.1. The van der Waals surface area contributed by atoms with E-state index in [0.29, 0.717) is 30.1 Å². The molecule has 4 aliphatic carbocycles. The highest BCUT2D eigenvalue weighted by Gasteiger charge is 2.63. The molecular formula is C27H43F3O7S. The Labute approximate surface area is 223 Å². The van der Waals surface area contributed by atoms with E-state index in [9.17, 15) is 36.6 Å². The van der Waals surface area contributed by atoms with Crippen LogP contribution in [-0.4, -0.2) is 59.4 Å². The van der Waals surface area contributed by atoms with Gasteiger partial charge in [0.1, 0.15) is 6.61 Å². The number of ether oxygens (including phenoxy) is 1. The predicted molar refractivity (Wildman–Crippen MR) is 133 cm³/mol. The van der Waals surface area contributed by atoms with Crippen molar-refractivity contribution in [3.8, 4) is 0 Å². The number of fused-ring (bicyclic) bond motifs is 5. The van der Waals surface area contributed by atoms with Gasteiger partial charge in [0.15, 0.2) is 0 Å². The molecule has 0 heterocycles. The van der Waals surface area contributed by atoms with Crippen molar-refractivity contribution in [1.29, 1.82) is 0 Å². The zero-order valence-corrected chi connectivity index (χ0v) is 23.3. The molecule has 0 radical (unpaired) electrons. The highest BCUT2D eigenvalue weighted by Crippen LogP contribution is 2.68. The molecule has 0 aromatic heterocycles. The lowest BCUT2D eigenvalue weighted by Crippen LogP contribution is -2.58. The number of rotatable bonds is 8. The predicted octanol–water partition coefficient (Wildman–Crippen LogP) is 4.76. The lowest BCUT2D eigenvalue weighted by atomic mass is 9.43. The second-order valence-electron chi connectivity index (χ2n) is 13.1. The molecule has 7 nitrogen and oxygen atoms in total. The van der Waals surface area contributed by atoms with E-state index in [1.54, 1.807) is 0 Å². The van der Waals surface area contributed by atoms with E-state index in [0.717, 1.165) is 51.4 Å². The van der Waals surface area contributed by atoms with Crippen LogP contribution >= 0.6 is 0 Å². The minimum atomic E-state index is -5.97. The molecule has 0 saturated heterocycles. The van der Waals surface area contributed by atoms with Gasteiger partial charge in [0.25, 0.3) is 0 Å². The summed E-state index contributed by atoms with van der Waals surface area (Å²) in [7, 11) is -5.97. The van der Waals surface area contributed by atoms with Crippen LogP contribution in [0.3, 0.4) is 0 Å². The normalized spacial score (nSPS) is 42.9. The second kappa shape index (κ2) is 10.5. The highest BCUT2D eigenvalue weighted by atomic mass is 32.2. The van der Waals surface area contributed by atoms with Crippen molar-refractivity contribution in [2.45, 2.75) is 109 Å². The number of alkyl halides is 3. The minimum Gasteiger partial charge on any atom is -0.462 e. The number of aliphatic hydroxyl groups is 2. The van der Waals surface area contributed by atoms with Gasteiger partial charge in [-0.25, -0.2) is 4.39 Å². The van der Waals surface area contributed by atoms with Gasteiger partial charge in [0.2, 0.25) is 6.17 Å². The summed E-state index contributed by atoms with van der Waals surface area (Å²) in [6, 6.07) is 0. The van der Waals surface area contributed by atoms with E-state index in [1.807, 2.05) is 6.92 Å². The van der Waals surface area contributed by atoms with Gasteiger partial charge in [-0.1, -0.05) is 20.8 Å². The van der Waals surface area contributed by atoms with Crippen LogP contribution in [0.1, 0.15) is 85.0 Å². The second-order valence-corrected chi connectivity index (χ2v) is 14.6.